The van der Waals surface area contributed by atoms with Crippen molar-refractivity contribution < 1.29 is 24.2 Å². The molecule has 1 rings (SSSR count). The number of carbonyl (C=O) groups excluding carboxylic acids is 2. The molecule has 0 aromatic heterocycles. The maximum absolute atomic E-state index is 11.9. The fourth-order valence-electron chi connectivity index (χ4n) is 1.73. The van der Waals surface area contributed by atoms with E-state index < -0.39 is 30.1 Å². The van der Waals surface area contributed by atoms with E-state index in [9.17, 15) is 14.7 Å². The van der Waals surface area contributed by atoms with Crippen LogP contribution in [0.3, 0.4) is 0 Å². The van der Waals surface area contributed by atoms with Crippen LogP contribution in [0.15, 0.2) is 54.6 Å². The van der Waals surface area contributed by atoms with Gasteiger partial charge in [-0.05, 0) is 31.6 Å². The summed E-state index contributed by atoms with van der Waals surface area (Å²) in [5.41, 5.74) is 0.959. The third-order valence-electron chi connectivity index (χ3n) is 3.41. The Kier molecular flexibility index (Phi) is 7.22. The van der Waals surface area contributed by atoms with Crippen molar-refractivity contribution >= 4 is 11.9 Å². The Labute approximate surface area is 136 Å². The van der Waals surface area contributed by atoms with Gasteiger partial charge < -0.3 is 14.6 Å². The SMILES string of the molecule is C=C(/C=C/[C@@H](O)[C@H](C)C(=O)OC)C(C)OC(=O)c1ccccc1. The van der Waals surface area contributed by atoms with Gasteiger partial charge in [-0.1, -0.05) is 36.9 Å². The highest BCUT2D eigenvalue weighted by Gasteiger charge is 2.20. The molecule has 0 spiro atoms. The second-order valence-electron chi connectivity index (χ2n) is 5.15. The van der Waals surface area contributed by atoms with E-state index in [1.54, 1.807) is 38.1 Å². The van der Waals surface area contributed by atoms with Crippen molar-refractivity contribution in [3.63, 3.8) is 0 Å². The number of aliphatic hydroxyl groups excluding tert-OH is 1. The fourth-order valence-corrected chi connectivity index (χ4v) is 1.73. The van der Waals surface area contributed by atoms with E-state index >= 15 is 0 Å². The molecule has 3 atom stereocenters. The molecule has 0 aliphatic rings. The number of hydrogen-bond donors (Lipinski definition) is 1. The molecule has 0 heterocycles. The lowest BCUT2D eigenvalue weighted by Crippen LogP contribution is -2.25. The summed E-state index contributed by atoms with van der Waals surface area (Å²) >= 11 is 0. The zero-order valence-electron chi connectivity index (χ0n) is 13.6. The summed E-state index contributed by atoms with van der Waals surface area (Å²) < 4.78 is 9.86. The summed E-state index contributed by atoms with van der Waals surface area (Å²) in [7, 11) is 1.26. The minimum absolute atomic E-state index is 0.448. The third kappa shape index (κ3) is 5.71. The Bertz CT molecular complexity index is 576. The summed E-state index contributed by atoms with van der Waals surface area (Å²) in [4.78, 5) is 23.3. The largest absolute Gasteiger partial charge is 0.469 e. The number of ether oxygens (including phenoxy) is 2. The van der Waals surface area contributed by atoms with Crippen molar-refractivity contribution in [3.05, 3.63) is 60.2 Å². The monoisotopic (exact) mass is 318 g/mol. The van der Waals surface area contributed by atoms with E-state index in [2.05, 4.69) is 11.3 Å². The van der Waals surface area contributed by atoms with Gasteiger partial charge in [0, 0.05) is 0 Å². The first-order chi connectivity index (χ1) is 10.9. The molecule has 1 unspecified atom stereocenters. The number of benzene rings is 1. The molecule has 23 heavy (non-hydrogen) atoms. The topological polar surface area (TPSA) is 72.8 Å². The molecule has 1 N–H and O–H groups in total. The molecule has 0 saturated heterocycles. The van der Waals surface area contributed by atoms with Crippen LogP contribution in [0.4, 0.5) is 0 Å². The Balaban J connectivity index is 2.58. The van der Waals surface area contributed by atoms with Gasteiger partial charge in [0.05, 0.1) is 24.7 Å². The van der Waals surface area contributed by atoms with Crippen LogP contribution in [0.1, 0.15) is 24.2 Å². The molecule has 0 aliphatic heterocycles. The molecule has 0 amide bonds. The minimum atomic E-state index is -1.00. The highest BCUT2D eigenvalue weighted by atomic mass is 16.5. The number of rotatable bonds is 7. The predicted molar refractivity (Wildman–Crippen MR) is 86.8 cm³/mol. The maximum atomic E-state index is 11.9. The first-order valence-electron chi connectivity index (χ1n) is 7.25. The quantitative estimate of drug-likeness (QED) is 0.618. The molecule has 5 nitrogen and oxygen atoms in total. The van der Waals surface area contributed by atoms with E-state index in [0.29, 0.717) is 11.1 Å². The Morgan fingerprint density at radius 3 is 2.39 bits per heavy atom. The number of carbonyl (C=O) groups is 2. The van der Waals surface area contributed by atoms with Crippen LogP contribution < -0.4 is 0 Å². The van der Waals surface area contributed by atoms with Crippen LogP contribution in [-0.2, 0) is 14.3 Å². The Morgan fingerprint density at radius 1 is 1.22 bits per heavy atom. The van der Waals surface area contributed by atoms with E-state index in [1.165, 1.54) is 19.3 Å². The molecule has 124 valence electrons. The first kappa shape index (κ1) is 18.6. The Morgan fingerprint density at radius 2 is 1.83 bits per heavy atom. The summed E-state index contributed by atoms with van der Waals surface area (Å²) in [6.07, 6.45) is 1.40. The molecule has 0 saturated carbocycles. The molecular weight excluding hydrogens is 296 g/mol. The van der Waals surface area contributed by atoms with Crippen molar-refractivity contribution in [3.8, 4) is 0 Å². The van der Waals surface area contributed by atoms with Gasteiger partial charge in [0.25, 0.3) is 0 Å². The van der Waals surface area contributed by atoms with E-state index in [1.807, 2.05) is 6.07 Å². The van der Waals surface area contributed by atoms with Crippen LogP contribution in [0.5, 0.6) is 0 Å². The average Bonchev–Trinajstić information content (AvgIpc) is 2.58. The molecule has 5 heteroatoms. The van der Waals surface area contributed by atoms with Gasteiger partial charge in [-0.2, -0.15) is 0 Å². The maximum Gasteiger partial charge on any atom is 0.338 e. The molecule has 1 aromatic carbocycles. The van der Waals surface area contributed by atoms with Gasteiger partial charge in [-0.15, -0.1) is 0 Å². The Hall–Kier alpha value is -2.40. The third-order valence-corrected chi connectivity index (χ3v) is 3.41. The van der Waals surface area contributed by atoms with E-state index in [-0.39, 0.29) is 0 Å². The number of hydrogen-bond acceptors (Lipinski definition) is 5. The molecule has 0 bridgehead atoms. The minimum Gasteiger partial charge on any atom is -0.469 e. The highest BCUT2D eigenvalue weighted by molar-refractivity contribution is 5.89. The normalized spacial score (nSPS) is 14.8. The van der Waals surface area contributed by atoms with Gasteiger partial charge in [0.1, 0.15) is 6.10 Å². The van der Waals surface area contributed by atoms with Crippen molar-refractivity contribution in [1.82, 2.24) is 0 Å². The van der Waals surface area contributed by atoms with Crippen LogP contribution in [0.2, 0.25) is 0 Å². The lowest BCUT2D eigenvalue weighted by atomic mass is 10.0. The van der Waals surface area contributed by atoms with Gasteiger partial charge in [0.15, 0.2) is 0 Å². The molecule has 0 aliphatic carbocycles. The number of aliphatic hydroxyl groups is 1. The standard InChI is InChI=1S/C18H22O5/c1-12(10-11-16(19)13(2)17(20)22-4)14(3)23-18(21)15-8-6-5-7-9-15/h5-11,13-14,16,19H,1H2,2-4H3/b11-10+/t13-,14?,16+/m0/s1. The molecule has 1 aromatic rings. The summed E-state index contributed by atoms with van der Waals surface area (Å²) in [6, 6.07) is 8.64. The summed E-state index contributed by atoms with van der Waals surface area (Å²) in [6.45, 7) is 7.05. The number of esters is 2. The first-order valence-corrected chi connectivity index (χ1v) is 7.25. The van der Waals surface area contributed by atoms with Gasteiger partial charge in [0.2, 0.25) is 0 Å². The van der Waals surface area contributed by atoms with Gasteiger partial charge >= 0.3 is 11.9 Å². The molecule has 0 radical (unpaired) electrons. The number of methoxy groups -OCH3 is 1. The zero-order valence-corrected chi connectivity index (χ0v) is 13.6. The smallest absolute Gasteiger partial charge is 0.338 e. The van der Waals surface area contributed by atoms with Crippen molar-refractivity contribution in [2.45, 2.75) is 26.1 Å². The van der Waals surface area contributed by atoms with Crippen molar-refractivity contribution in [1.29, 1.82) is 0 Å². The van der Waals surface area contributed by atoms with Crippen LogP contribution in [0.25, 0.3) is 0 Å². The second-order valence-corrected chi connectivity index (χ2v) is 5.15. The fraction of sp³-hybridized carbons (Fsp3) is 0.333. The molecule has 0 fully saturated rings. The highest BCUT2D eigenvalue weighted by Crippen LogP contribution is 2.12. The summed E-state index contributed by atoms with van der Waals surface area (Å²) in [5.74, 6) is -1.64. The van der Waals surface area contributed by atoms with E-state index in [4.69, 9.17) is 4.74 Å². The average molecular weight is 318 g/mol. The van der Waals surface area contributed by atoms with Crippen molar-refractivity contribution in [2.75, 3.05) is 7.11 Å². The predicted octanol–water partition coefficient (Wildman–Crippen LogP) is 2.51. The van der Waals surface area contributed by atoms with Crippen LogP contribution in [0, 0.1) is 5.92 Å². The second kappa shape index (κ2) is 8.90. The van der Waals surface area contributed by atoms with Gasteiger partial charge in [-0.25, -0.2) is 4.79 Å². The zero-order chi connectivity index (χ0) is 17.4. The molecular formula is C18H22O5. The van der Waals surface area contributed by atoms with Crippen molar-refractivity contribution in [2.24, 2.45) is 5.92 Å². The lowest BCUT2D eigenvalue weighted by Gasteiger charge is -2.15. The summed E-state index contributed by atoms with van der Waals surface area (Å²) in [5, 5.41) is 9.87. The van der Waals surface area contributed by atoms with Crippen LogP contribution >= 0.6 is 0 Å². The van der Waals surface area contributed by atoms with Crippen LogP contribution in [-0.4, -0.2) is 36.4 Å². The van der Waals surface area contributed by atoms with E-state index in [0.717, 1.165) is 0 Å². The lowest BCUT2D eigenvalue weighted by molar-refractivity contribution is -0.147. The van der Waals surface area contributed by atoms with Gasteiger partial charge in [-0.3, -0.25) is 4.79 Å².